The first kappa shape index (κ1) is 10.7. The van der Waals surface area contributed by atoms with Crippen LogP contribution in [0.1, 0.15) is 17.5 Å². The average Bonchev–Trinajstić information content (AvgIpc) is 2.26. The Labute approximate surface area is 92.3 Å². The van der Waals surface area contributed by atoms with Gasteiger partial charge in [-0.05, 0) is 44.6 Å². The van der Waals surface area contributed by atoms with Crippen LogP contribution in [0.2, 0.25) is 0 Å². The molecule has 0 spiro atoms. The van der Waals surface area contributed by atoms with E-state index in [1.54, 1.807) is 0 Å². The predicted molar refractivity (Wildman–Crippen MR) is 63.9 cm³/mol. The van der Waals surface area contributed by atoms with Crippen LogP contribution in [0.3, 0.4) is 0 Å². The van der Waals surface area contributed by atoms with E-state index >= 15 is 0 Å². The molecule has 0 bridgehead atoms. The van der Waals surface area contributed by atoms with Crippen molar-refractivity contribution >= 4 is 0 Å². The Balaban J connectivity index is 1.94. The molecule has 0 fully saturated rings. The van der Waals surface area contributed by atoms with Crippen molar-refractivity contribution in [2.75, 3.05) is 20.6 Å². The van der Waals surface area contributed by atoms with Crippen molar-refractivity contribution < 1.29 is 0 Å². The van der Waals surface area contributed by atoms with Gasteiger partial charge in [0.05, 0.1) is 0 Å². The van der Waals surface area contributed by atoms with Gasteiger partial charge in [-0.2, -0.15) is 0 Å². The number of hydrogen-bond donors (Lipinski definition) is 1. The number of benzene rings is 1. The fraction of sp³-hybridized carbons (Fsp3) is 0.538. The Hall–Kier alpha value is -0.860. The van der Waals surface area contributed by atoms with Gasteiger partial charge in [-0.15, -0.1) is 0 Å². The van der Waals surface area contributed by atoms with E-state index < -0.39 is 0 Å². The number of fused-ring (bicyclic) bond motifs is 1. The Kier molecular flexibility index (Phi) is 3.39. The fourth-order valence-corrected chi connectivity index (χ4v) is 2.14. The number of nitrogens with zero attached hydrogens (tertiary/aromatic N) is 1. The maximum Gasteiger partial charge on any atom is 0.0210 e. The van der Waals surface area contributed by atoms with Gasteiger partial charge < -0.3 is 10.2 Å². The summed E-state index contributed by atoms with van der Waals surface area (Å²) in [4.78, 5) is 2.25. The third-order valence-electron chi connectivity index (χ3n) is 3.09. The van der Waals surface area contributed by atoms with Crippen LogP contribution in [-0.4, -0.2) is 31.6 Å². The minimum Gasteiger partial charge on any atom is -0.310 e. The van der Waals surface area contributed by atoms with Crippen molar-refractivity contribution in [1.29, 1.82) is 0 Å². The second-order valence-corrected chi connectivity index (χ2v) is 4.64. The first-order valence-electron chi connectivity index (χ1n) is 5.70. The summed E-state index contributed by atoms with van der Waals surface area (Å²) in [5.41, 5.74) is 3.00. The molecule has 1 aromatic rings. The van der Waals surface area contributed by atoms with E-state index in [9.17, 15) is 0 Å². The van der Waals surface area contributed by atoms with Crippen molar-refractivity contribution in [3.8, 4) is 0 Å². The zero-order valence-corrected chi connectivity index (χ0v) is 9.66. The zero-order valence-electron chi connectivity index (χ0n) is 9.66. The molecule has 1 unspecified atom stereocenters. The molecule has 0 saturated heterocycles. The van der Waals surface area contributed by atoms with Gasteiger partial charge in [0, 0.05) is 12.6 Å². The molecule has 2 rings (SSSR count). The van der Waals surface area contributed by atoms with Crippen LogP contribution in [0.15, 0.2) is 24.3 Å². The van der Waals surface area contributed by atoms with Crippen molar-refractivity contribution in [3.63, 3.8) is 0 Å². The Morgan fingerprint density at radius 1 is 1.27 bits per heavy atom. The molecule has 0 aliphatic carbocycles. The lowest BCUT2D eigenvalue weighted by Crippen LogP contribution is -2.37. The lowest BCUT2D eigenvalue weighted by molar-refractivity contribution is 0.348. The van der Waals surface area contributed by atoms with Gasteiger partial charge in [-0.25, -0.2) is 0 Å². The molecule has 1 aromatic carbocycles. The highest BCUT2D eigenvalue weighted by Crippen LogP contribution is 2.17. The summed E-state index contributed by atoms with van der Waals surface area (Å²) in [5.74, 6) is 0. The molecule has 82 valence electrons. The van der Waals surface area contributed by atoms with Gasteiger partial charge in [0.15, 0.2) is 0 Å². The van der Waals surface area contributed by atoms with Gasteiger partial charge in [-0.1, -0.05) is 24.3 Å². The van der Waals surface area contributed by atoms with E-state index in [0.29, 0.717) is 6.04 Å². The fourth-order valence-electron chi connectivity index (χ4n) is 2.14. The number of hydrogen-bond acceptors (Lipinski definition) is 2. The van der Waals surface area contributed by atoms with E-state index in [-0.39, 0.29) is 0 Å². The van der Waals surface area contributed by atoms with Crippen LogP contribution >= 0.6 is 0 Å². The molecule has 15 heavy (non-hydrogen) atoms. The highest BCUT2D eigenvalue weighted by atomic mass is 15.1. The van der Waals surface area contributed by atoms with Gasteiger partial charge in [0.2, 0.25) is 0 Å². The van der Waals surface area contributed by atoms with Crippen molar-refractivity contribution in [2.24, 2.45) is 0 Å². The molecule has 1 heterocycles. The smallest absolute Gasteiger partial charge is 0.0210 e. The standard InChI is InChI=1S/C13H20N2/c1-15(2)8-7-13-9-11-5-3-4-6-12(11)10-14-13/h3-6,13-14H,7-10H2,1-2H3. The third-order valence-corrected chi connectivity index (χ3v) is 3.09. The molecular formula is C13H20N2. The topological polar surface area (TPSA) is 15.3 Å². The first-order valence-corrected chi connectivity index (χ1v) is 5.70. The van der Waals surface area contributed by atoms with E-state index in [1.165, 1.54) is 30.5 Å². The van der Waals surface area contributed by atoms with Crippen LogP contribution in [0.4, 0.5) is 0 Å². The summed E-state index contributed by atoms with van der Waals surface area (Å²) in [7, 11) is 4.27. The molecule has 0 saturated carbocycles. The molecule has 0 amide bonds. The molecule has 2 nitrogen and oxygen atoms in total. The van der Waals surface area contributed by atoms with Gasteiger partial charge >= 0.3 is 0 Å². The molecule has 1 aliphatic heterocycles. The number of rotatable bonds is 3. The van der Waals surface area contributed by atoms with E-state index in [2.05, 4.69) is 48.6 Å². The van der Waals surface area contributed by atoms with E-state index in [0.717, 1.165) is 6.54 Å². The van der Waals surface area contributed by atoms with Crippen LogP contribution in [0.25, 0.3) is 0 Å². The monoisotopic (exact) mass is 204 g/mol. The van der Waals surface area contributed by atoms with Gasteiger partial charge in [0.25, 0.3) is 0 Å². The highest BCUT2D eigenvalue weighted by Gasteiger charge is 2.16. The minimum absolute atomic E-state index is 0.655. The van der Waals surface area contributed by atoms with E-state index in [1.807, 2.05) is 0 Å². The number of nitrogens with one attached hydrogen (secondary N) is 1. The van der Waals surface area contributed by atoms with Gasteiger partial charge in [-0.3, -0.25) is 0 Å². The Morgan fingerprint density at radius 2 is 2.00 bits per heavy atom. The zero-order chi connectivity index (χ0) is 10.7. The van der Waals surface area contributed by atoms with Gasteiger partial charge in [0.1, 0.15) is 0 Å². The second kappa shape index (κ2) is 4.77. The molecule has 1 atom stereocenters. The van der Waals surface area contributed by atoms with Crippen LogP contribution in [0.5, 0.6) is 0 Å². The summed E-state index contributed by atoms with van der Waals surface area (Å²) < 4.78 is 0. The summed E-state index contributed by atoms with van der Waals surface area (Å²) in [5, 5.41) is 3.60. The van der Waals surface area contributed by atoms with Crippen molar-refractivity contribution in [1.82, 2.24) is 10.2 Å². The average molecular weight is 204 g/mol. The molecule has 1 aliphatic rings. The lowest BCUT2D eigenvalue weighted by Gasteiger charge is -2.27. The quantitative estimate of drug-likeness (QED) is 0.805. The summed E-state index contributed by atoms with van der Waals surface area (Å²) in [6, 6.07) is 9.42. The van der Waals surface area contributed by atoms with Crippen molar-refractivity contribution in [2.45, 2.75) is 25.4 Å². The molecule has 1 N–H and O–H groups in total. The Morgan fingerprint density at radius 3 is 2.73 bits per heavy atom. The highest BCUT2D eigenvalue weighted by molar-refractivity contribution is 5.29. The van der Waals surface area contributed by atoms with E-state index in [4.69, 9.17) is 0 Å². The van der Waals surface area contributed by atoms with Crippen LogP contribution in [0, 0.1) is 0 Å². The van der Waals surface area contributed by atoms with Crippen LogP contribution in [-0.2, 0) is 13.0 Å². The molecular weight excluding hydrogens is 184 g/mol. The third kappa shape index (κ3) is 2.80. The SMILES string of the molecule is CN(C)CCC1Cc2ccccc2CN1. The summed E-state index contributed by atoms with van der Waals surface area (Å²) in [6.45, 7) is 2.20. The second-order valence-electron chi connectivity index (χ2n) is 4.64. The molecule has 2 heteroatoms. The minimum atomic E-state index is 0.655. The van der Waals surface area contributed by atoms with Crippen molar-refractivity contribution in [3.05, 3.63) is 35.4 Å². The predicted octanol–water partition coefficient (Wildman–Crippen LogP) is 1.65. The summed E-state index contributed by atoms with van der Waals surface area (Å²) in [6.07, 6.45) is 2.42. The maximum absolute atomic E-state index is 3.60. The largest absolute Gasteiger partial charge is 0.310 e. The summed E-state index contributed by atoms with van der Waals surface area (Å²) >= 11 is 0. The van der Waals surface area contributed by atoms with Crippen LogP contribution < -0.4 is 5.32 Å². The Bertz CT molecular complexity index is 320. The molecule has 0 radical (unpaired) electrons. The normalized spacial score (nSPS) is 20.3. The first-order chi connectivity index (χ1) is 7.25. The maximum atomic E-state index is 3.60. The lowest BCUT2D eigenvalue weighted by atomic mass is 9.94. The molecule has 0 aromatic heterocycles.